The zero-order chi connectivity index (χ0) is 13.8. The highest BCUT2D eigenvalue weighted by Gasteiger charge is 2.30. The molecular formula is C14H14F2N2O. The molecule has 1 aliphatic carbocycles. The first-order chi connectivity index (χ1) is 9.15. The number of benzene rings is 1. The van der Waals surface area contributed by atoms with E-state index in [4.69, 9.17) is 5.26 Å². The van der Waals surface area contributed by atoms with Gasteiger partial charge in [-0.3, -0.25) is 4.79 Å². The number of rotatable bonds is 3. The average Bonchev–Trinajstić information content (AvgIpc) is 2.89. The van der Waals surface area contributed by atoms with Gasteiger partial charge >= 0.3 is 0 Å². The molecule has 1 aliphatic rings. The standard InChI is InChI=1S/C14H14F2N2O/c15-11-6-3-7-12(16)13(11)14(19)18(9-8-17)10-4-1-2-5-10/h3,6-7,10H,1-2,4-5,9H2. The van der Waals surface area contributed by atoms with Crippen LogP contribution >= 0.6 is 0 Å². The number of hydrogen-bond acceptors (Lipinski definition) is 2. The first-order valence-corrected chi connectivity index (χ1v) is 6.27. The highest BCUT2D eigenvalue weighted by atomic mass is 19.1. The zero-order valence-electron chi connectivity index (χ0n) is 10.4. The smallest absolute Gasteiger partial charge is 0.260 e. The first kappa shape index (κ1) is 13.5. The molecule has 5 heteroatoms. The fourth-order valence-electron chi connectivity index (χ4n) is 2.50. The van der Waals surface area contributed by atoms with Crippen molar-refractivity contribution < 1.29 is 13.6 Å². The van der Waals surface area contributed by atoms with Gasteiger partial charge in [-0.1, -0.05) is 18.9 Å². The summed E-state index contributed by atoms with van der Waals surface area (Å²) in [4.78, 5) is 13.5. The third kappa shape index (κ3) is 2.73. The molecule has 1 amide bonds. The van der Waals surface area contributed by atoms with Gasteiger partial charge in [0.05, 0.1) is 6.07 Å². The van der Waals surface area contributed by atoms with E-state index in [1.807, 2.05) is 6.07 Å². The summed E-state index contributed by atoms with van der Waals surface area (Å²) >= 11 is 0. The number of hydrogen-bond donors (Lipinski definition) is 0. The summed E-state index contributed by atoms with van der Waals surface area (Å²) in [6.07, 6.45) is 3.51. The Morgan fingerprint density at radius 1 is 1.32 bits per heavy atom. The van der Waals surface area contributed by atoms with Crippen molar-refractivity contribution in [3.05, 3.63) is 35.4 Å². The summed E-state index contributed by atoms with van der Waals surface area (Å²) in [7, 11) is 0. The van der Waals surface area contributed by atoms with Crippen molar-refractivity contribution in [1.82, 2.24) is 4.90 Å². The fourth-order valence-corrected chi connectivity index (χ4v) is 2.50. The summed E-state index contributed by atoms with van der Waals surface area (Å²) in [5.41, 5.74) is -0.565. The van der Waals surface area contributed by atoms with E-state index >= 15 is 0 Å². The molecule has 2 rings (SSSR count). The lowest BCUT2D eigenvalue weighted by molar-refractivity contribution is 0.0699. The van der Waals surface area contributed by atoms with Crippen molar-refractivity contribution in [2.75, 3.05) is 6.54 Å². The molecule has 100 valence electrons. The lowest BCUT2D eigenvalue weighted by atomic mass is 10.1. The summed E-state index contributed by atoms with van der Waals surface area (Å²) in [5.74, 6) is -2.50. The second-order valence-corrected chi connectivity index (χ2v) is 4.63. The molecule has 1 aromatic rings. The summed E-state index contributed by atoms with van der Waals surface area (Å²) in [6.45, 7) is -0.142. The molecule has 0 heterocycles. The van der Waals surface area contributed by atoms with Crippen LogP contribution in [-0.4, -0.2) is 23.4 Å². The van der Waals surface area contributed by atoms with E-state index in [1.54, 1.807) is 0 Å². The van der Waals surface area contributed by atoms with E-state index in [9.17, 15) is 13.6 Å². The fraction of sp³-hybridized carbons (Fsp3) is 0.429. The molecule has 1 fully saturated rings. The van der Waals surface area contributed by atoms with Crippen LogP contribution in [0, 0.1) is 23.0 Å². The van der Waals surface area contributed by atoms with Gasteiger partial charge in [0.1, 0.15) is 23.7 Å². The highest BCUT2D eigenvalue weighted by molar-refractivity contribution is 5.95. The number of nitrogens with zero attached hydrogens (tertiary/aromatic N) is 2. The van der Waals surface area contributed by atoms with E-state index in [2.05, 4.69) is 0 Å². The van der Waals surface area contributed by atoms with Gasteiger partial charge in [0.2, 0.25) is 0 Å². The molecule has 1 aromatic carbocycles. The summed E-state index contributed by atoms with van der Waals surface area (Å²) in [6, 6.07) is 5.12. The number of carbonyl (C=O) groups excluding carboxylic acids is 1. The second-order valence-electron chi connectivity index (χ2n) is 4.63. The Morgan fingerprint density at radius 3 is 2.42 bits per heavy atom. The summed E-state index contributed by atoms with van der Waals surface area (Å²) in [5, 5.41) is 8.80. The van der Waals surface area contributed by atoms with Gasteiger partial charge in [0.25, 0.3) is 5.91 Å². The van der Waals surface area contributed by atoms with Gasteiger partial charge in [0.15, 0.2) is 0 Å². The molecule has 3 nitrogen and oxygen atoms in total. The largest absolute Gasteiger partial charge is 0.322 e. The topological polar surface area (TPSA) is 44.1 Å². The monoisotopic (exact) mass is 264 g/mol. The maximum Gasteiger partial charge on any atom is 0.260 e. The van der Waals surface area contributed by atoms with E-state index in [-0.39, 0.29) is 12.6 Å². The quantitative estimate of drug-likeness (QED) is 0.788. The Hall–Kier alpha value is -1.96. The third-order valence-corrected chi connectivity index (χ3v) is 3.44. The van der Waals surface area contributed by atoms with Crippen molar-refractivity contribution in [1.29, 1.82) is 5.26 Å². The minimum Gasteiger partial charge on any atom is -0.322 e. The molecule has 0 radical (unpaired) electrons. The number of amides is 1. The Balaban J connectivity index is 2.31. The van der Waals surface area contributed by atoms with Crippen molar-refractivity contribution in [2.45, 2.75) is 31.7 Å². The van der Waals surface area contributed by atoms with Crippen LogP contribution < -0.4 is 0 Å². The van der Waals surface area contributed by atoms with Crippen LogP contribution in [0.4, 0.5) is 8.78 Å². The van der Waals surface area contributed by atoms with Crippen LogP contribution in [0.1, 0.15) is 36.0 Å². The molecule has 0 aromatic heterocycles. The predicted octanol–water partition coefficient (Wildman–Crippen LogP) is 2.87. The van der Waals surface area contributed by atoms with Gasteiger partial charge in [-0.2, -0.15) is 5.26 Å². The van der Waals surface area contributed by atoms with Gasteiger partial charge in [0, 0.05) is 6.04 Å². The molecule has 0 N–H and O–H groups in total. The zero-order valence-corrected chi connectivity index (χ0v) is 10.4. The molecule has 0 aliphatic heterocycles. The Kier molecular flexibility index (Phi) is 4.10. The molecule has 0 saturated heterocycles. The Labute approximate surface area is 110 Å². The maximum atomic E-state index is 13.6. The van der Waals surface area contributed by atoms with Crippen LogP contribution in [0.2, 0.25) is 0 Å². The second kappa shape index (κ2) is 5.79. The van der Waals surface area contributed by atoms with Crippen LogP contribution in [0.25, 0.3) is 0 Å². The molecule has 0 atom stereocenters. The van der Waals surface area contributed by atoms with Crippen molar-refractivity contribution in [3.63, 3.8) is 0 Å². The van der Waals surface area contributed by atoms with Crippen LogP contribution in [0.5, 0.6) is 0 Å². The van der Waals surface area contributed by atoms with E-state index < -0.39 is 23.1 Å². The van der Waals surface area contributed by atoms with Crippen molar-refractivity contribution in [2.24, 2.45) is 0 Å². The number of carbonyl (C=O) groups is 1. The van der Waals surface area contributed by atoms with Gasteiger partial charge in [-0.25, -0.2) is 8.78 Å². The Morgan fingerprint density at radius 2 is 1.89 bits per heavy atom. The van der Waals surface area contributed by atoms with Gasteiger partial charge < -0.3 is 4.90 Å². The van der Waals surface area contributed by atoms with Crippen LogP contribution in [0.15, 0.2) is 18.2 Å². The lowest BCUT2D eigenvalue weighted by Crippen LogP contribution is -2.40. The van der Waals surface area contributed by atoms with Gasteiger partial charge in [-0.15, -0.1) is 0 Å². The molecule has 0 bridgehead atoms. The lowest BCUT2D eigenvalue weighted by Gasteiger charge is -2.26. The SMILES string of the molecule is N#CCN(C(=O)c1c(F)cccc1F)C1CCCC1. The highest BCUT2D eigenvalue weighted by Crippen LogP contribution is 2.26. The van der Waals surface area contributed by atoms with Crippen molar-refractivity contribution in [3.8, 4) is 6.07 Å². The first-order valence-electron chi connectivity index (χ1n) is 6.27. The van der Waals surface area contributed by atoms with E-state index in [1.165, 1.54) is 11.0 Å². The molecular weight excluding hydrogens is 250 g/mol. The molecule has 0 unspecified atom stereocenters. The predicted molar refractivity (Wildman–Crippen MR) is 65.3 cm³/mol. The van der Waals surface area contributed by atoms with Crippen molar-refractivity contribution >= 4 is 5.91 Å². The van der Waals surface area contributed by atoms with Gasteiger partial charge in [-0.05, 0) is 25.0 Å². The van der Waals surface area contributed by atoms with Crippen LogP contribution in [-0.2, 0) is 0 Å². The third-order valence-electron chi connectivity index (χ3n) is 3.44. The Bertz CT molecular complexity index is 498. The average molecular weight is 264 g/mol. The normalized spacial score (nSPS) is 15.2. The maximum absolute atomic E-state index is 13.6. The number of nitriles is 1. The summed E-state index contributed by atoms with van der Waals surface area (Å²) < 4.78 is 27.2. The van der Waals surface area contributed by atoms with E-state index in [0.717, 1.165) is 37.8 Å². The van der Waals surface area contributed by atoms with E-state index in [0.29, 0.717) is 0 Å². The minimum atomic E-state index is -0.883. The molecule has 19 heavy (non-hydrogen) atoms. The molecule has 1 saturated carbocycles. The molecule has 0 spiro atoms. The minimum absolute atomic E-state index is 0.0915. The number of halogens is 2. The van der Waals surface area contributed by atoms with Crippen LogP contribution in [0.3, 0.4) is 0 Å².